The Balaban J connectivity index is 1.63. The second-order valence-electron chi connectivity index (χ2n) is 8.21. The zero-order valence-corrected chi connectivity index (χ0v) is 16.4. The van der Waals surface area contributed by atoms with Crippen LogP contribution in [0.3, 0.4) is 0 Å². The van der Waals surface area contributed by atoms with Gasteiger partial charge in [-0.1, -0.05) is 6.07 Å². The summed E-state index contributed by atoms with van der Waals surface area (Å²) in [5.41, 5.74) is 4.86. The number of nitrogens with two attached hydrogens (primary N) is 1. The van der Waals surface area contributed by atoms with E-state index >= 15 is 0 Å². The van der Waals surface area contributed by atoms with Gasteiger partial charge in [0.1, 0.15) is 5.75 Å². The Morgan fingerprint density at radius 1 is 1.26 bits per heavy atom. The SMILES string of the molecule is CC1(C)OB(C2CCN(C(=O)c3cccc(OCC(N)=O)c3)C2)OC1(C)C. The van der Waals surface area contributed by atoms with Crippen LogP contribution in [0.15, 0.2) is 24.3 Å². The standard InChI is InChI=1S/C19H27BN2O5/c1-18(2)19(3,4)27-20(26-18)14-8-9-22(11-14)17(24)13-6-5-7-15(10-13)25-12-16(21)23/h5-7,10,14H,8-9,11-12H2,1-4H3,(H2,21,23). The number of nitrogens with zero attached hydrogens (tertiary/aromatic N) is 1. The van der Waals surface area contributed by atoms with Gasteiger partial charge in [0, 0.05) is 24.5 Å². The van der Waals surface area contributed by atoms with E-state index < -0.39 is 5.91 Å². The number of carbonyl (C=O) groups is 2. The first-order valence-corrected chi connectivity index (χ1v) is 9.25. The lowest BCUT2D eigenvalue weighted by atomic mass is 9.71. The molecule has 0 saturated carbocycles. The monoisotopic (exact) mass is 374 g/mol. The fourth-order valence-corrected chi connectivity index (χ4v) is 3.33. The molecule has 2 heterocycles. The molecule has 0 aromatic heterocycles. The van der Waals surface area contributed by atoms with Gasteiger partial charge in [0.15, 0.2) is 6.61 Å². The van der Waals surface area contributed by atoms with E-state index in [1.54, 1.807) is 24.3 Å². The first-order valence-electron chi connectivity index (χ1n) is 9.25. The molecule has 1 atom stereocenters. The van der Waals surface area contributed by atoms with Crippen LogP contribution < -0.4 is 10.5 Å². The largest absolute Gasteiger partial charge is 0.484 e. The summed E-state index contributed by atoms with van der Waals surface area (Å²) in [5, 5.41) is 0. The molecule has 2 saturated heterocycles. The maximum absolute atomic E-state index is 12.8. The van der Waals surface area contributed by atoms with Crippen molar-refractivity contribution in [1.29, 1.82) is 0 Å². The molecule has 0 bridgehead atoms. The molecule has 27 heavy (non-hydrogen) atoms. The zero-order chi connectivity index (χ0) is 19.8. The van der Waals surface area contributed by atoms with Crippen LogP contribution >= 0.6 is 0 Å². The van der Waals surface area contributed by atoms with Crippen molar-refractivity contribution in [2.75, 3.05) is 19.7 Å². The van der Waals surface area contributed by atoms with Crippen molar-refractivity contribution in [3.8, 4) is 5.75 Å². The lowest BCUT2D eigenvalue weighted by Gasteiger charge is -2.32. The highest BCUT2D eigenvalue weighted by Crippen LogP contribution is 2.42. The van der Waals surface area contributed by atoms with Crippen LogP contribution in [0.2, 0.25) is 5.82 Å². The summed E-state index contributed by atoms with van der Waals surface area (Å²) in [7, 11) is -0.307. The number of amides is 2. The van der Waals surface area contributed by atoms with Crippen LogP contribution in [0.4, 0.5) is 0 Å². The first kappa shape index (κ1) is 19.7. The second kappa shape index (κ2) is 7.17. The number of likely N-dealkylation sites (tertiary alicyclic amines) is 1. The fraction of sp³-hybridized carbons (Fsp3) is 0.579. The predicted octanol–water partition coefficient (Wildman–Crippen LogP) is 1.86. The van der Waals surface area contributed by atoms with Gasteiger partial charge in [-0.2, -0.15) is 0 Å². The molecule has 0 aliphatic carbocycles. The van der Waals surface area contributed by atoms with E-state index in [1.165, 1.54) is 0 Å². The molecule has 1 aromatic rings. The highest BCUT2D eigenvalue weighted by molar-refractivity contribution is 6.47. The number of carbonyl (C=O) groups excluding carboxylic acids is 2. The summed E-state index contributed by atoms with van der Waals surface area (Å²) < 4.78 is 17.5. The molecule has 2 amide bonds. The average Bonchev–Trinajstić information content (AvgIpc) is 3.15. The minimum Gasteiger partial charge on any atom is -0.484 e. The third-order valence-corrected chi connectivity index (χ3v) is 5.63. The number of hydrogen-bond acceptors (Lipinski definition) is 5. The topological polar surface area (TPSA) is 91.1 Å². The van der Waals surface area contributed by atoms with Crippen molar-refractivity contribution in [3.63, 3.8) is 0 Å². The molecule has 1 unspecified atom stereocenters. The number of primary amides is 1. The van der Waals surface area contributed by atoms with Gasteiger partial charge >= 0.3 is 7.12 Å². The Bertz CT molecular complexity index is 721. The summed E-state index contributed by atoms with van der Waals surface area (Å²) in [6, 6.07) is 6.79. The molecule has 2 fully saturated rings. The van der Waals surface area contributed by atoms with Crippen molar-refractivity contribution in [3.05, 3.63) is 29.8 Å². The molecule has 3 rings (SSSR count). The quantitative estimate of drug-likeness (QED) is 0.795. The molecule has 0 spiro atoms. The second-order valence-corrected chi connectivity index (χ2v) is 8.21. The van der Waals surface area contributed by atoms with Crippen LogP contribution in [-0.4, -0.2) is 54.7 Å². The van der Waals surface area contributed by atoms with E-state index in [2.05, 4.69) is 0 Å². The van der Waals surface area contributed by atoms with Gasteiger partial charge in [-0.15, -0.1) is 0 Å². The Kier molecular flexibility index (Phi) is 5.23. The molecule has 8 heteroatoms. The molecule has 146 valence electrons. The van der Waals surface area contributed by atoms with Crippen molar-refractivity contribution in [1.82, 2.24) is 4.90 Å². The first-order chi connectivity index (χ1) is 12.6. The third-order valence-electron chi connectivity index (χ3n) is 5.63. The maximum atomic E-state index is 12.8. The molecule has 2 aliphatic heterocycles. The van der Waals surface area contributed by atoms with Crippen LogP contribution in [0.5, 0.6) is 5.75 Å². The Morgan fingerprint density at radius 2 is 1.93 bits per heavy atom. The van der Waals surface area contributed by atoms with Gasteiger partial charge in [-0.3, -0.25) is 9.59 Å². The van der Waals surface area contributed by atoms with Crippen molar-refractivity contribution in [2.24, 2.45) is 5.73 Å². The maximum Gasteiger partial charge on any atom is 0.463 e. The van der Waals surface area contributed by atoms with Gasteiger partial charge in [-0.25, -0.2) is 0 Å². The highest BCUT2D eigenvalue weighted by atomic mass is 16.7. The van der Waals surface area contributed by atoms with Crippen LogP contribution in [0, 0.1) is 0 Å². The Labute approximate surface area is 160 Å². The predicted molar refractivity (Wildman–Crippen MR) is 101 cm³/mol. The van der Waals surface area contributed by atoms with Crippen LogP contribution in [0.1, 0.15) is 44.5 Å². The van der Waals surface area contributed by atoms with E-state index in [0.717, 1.165) is 6.42 Å². The van der Waals surface area contributed by atoms with E-state index in [1.807, 2.05) is 32.6 Å². The third kappa shape index (κ3) is 4.11. The van der Waals surface area contributed by atoms with Crippen LogP contribution in [0.25, 0.3) is 0 Å². The van der Waals surface area contributed by atoms with Gasteiger partial charge in [0.2, 0.25) is 0 Å². The van der Waals surface area contributed by atoms with E-state index in [4.69, 9.17) is 19.8 Å². The Hall–Kier alpha value is -2.06. The Morgan fingerprint density at radius 3 is 2.56 bits per heavy atom. The molecule has 7 nitrogen and oxygen atoms in total. The number of hydrogen-bond donors (Lipinski definition) is 1. The summed E-state index contributed by atoms with van der Waals surface area (Å²) in [6.07, 6.45) is 0.834. The molecule has 0 radical (unpaired) electrons. The molecule has 2 aliphatic rings. The summed E-state index contributed by atoms with van der Waals surface area (Å²) in [6.45, 7) is 9.14. The van der Waals surface area contributed by atoms with Crippen molar-refractivity contribution < 1.29 is 23.6 Å². The number of ether oxygens (including phenoxy) is 1. The van der Waals surface area contributed by atoms with Gasteiger partial charge in [0.05, 0.1) is 11.2 Å². The van der Waals surface area contributed by atoms with Crippen molar-refractivity contribution >= 4 is 18.9 Å². The average molecular weight is 374 g/mol. The molecular formula is C19H27BN2O5. The number of benzene rings is 1. The lowest BCUT2D eigenvalue weighted by molar-refractivity contribution is -0.119. The smallest absolute Gasteiger partial charge is 0.463 e. The summed E-state index contributed by atoms with van der Waals surface area (Å²) >= 11 is 0. The summed E-state index contributed by atoms with van der Waals surface area (Å²) in [5.74, 6) is -0.0410. The minimum absolute atomic E-state index is 0.0708. The zero-order valence-electron chi connectivity index (χ0n) is 16.4. The molecule has 1 aromatic carbocycles. The van der Waals surface area contributed by atoms with Crippen molar-refractivity contribution in [2.45, 2.75) is 51.1 Å². The lowest BCUT2D eigenvalue weighted by Crippen LogP contribution is -2.41. The number of rotatable bonds is 5. The molecular weight excluding hydrogens is 347 g/mol. The van der Waals surface area contributed by atoms with Crippen LogP contribution in [-0.2, 0) is 14.1 Å². The molecule has 2 N–H and O–H groups in total. The summed E-state index contributed by atoms with van der Waals surface area (Å²) in [4.78, 5) is 25.5. The minimum atomic E-state index is -0.559. The van der Waals surface area contributed by atoms with Gasteiger partial charge < -0.3 is 24.7 Å². The van der Waals surface area contributed by atoms with Gasteiger partial charge in [0.25, 0.3) is 11.8 Å². The van der Waals surface area contributed by atoms with E-state index in [0.29, 0.717) is 24.4 Å². The van der Waals surface area contributed by atoms with E-state index in [9.17, 15) is 9.59 Å². The highest BCUT2D eigenvalue weighted by Gasteiger charge is 2.54. The fourth-order valence-electron chi connectivity index (χ4n) is 3.33. The van der Waals surface area contributed by atoms with E-state index in [-0.39, 0.29) is 36.7 Å². The normalized spacial score (nSPS) is 23.5. The van der Waals surface area contributed by atoms with Gasteiger partial charge in [-0.05, 0) is 52.3 Å².